The Kier molecular flexibility index (Phi) is 8.33. The zero-order valence-corrected chi connectivity index (χ0v) is 18.0. The average Bonchev–Trinajstić information content (AvgIpc) is 2.20. The molecule has 0 aliphatic carbocycles. The van der Waals surface area contributed by atoms with Gasteiger partial charge in [0, 0.05) is 39.4 Å². The zero-order valence-electron chi connectivity index (χ0n) is 16.0. The molecule has 140 valence electrons. The molecule has 0 aliphatic rings. The van der Waals surface area contributed by atoms with E-state index in [1.54, 1.807) is 6.55 Å². The minimum absolute atomic E-state index is 0.381. The van der Waals surface area contributed by atoms with Crippen molar-refractivity contribution < 1.29 is 32.1 Å². The quantitative estimate of drug-likeness (QED) is 0.600. The molecule has 0 N–H and O–H groups in total. The van der Waals surface area contributed by atoms with E-state index < -0.39 is 34.7 Å². The van der Waals surface area contributed by atoms with Crippen molar-refractivity contribution in [1.29, 1.82) is 0 Å². The Hall–Kier alpha value is -1.20. The van der Waals surface area contributed by atoms with Crippen LogP contribution in [0.15, 0.2) is 0 Å². The minimum atomic E-state index is -2.95. The standard InChI is InChI=1S/C15H30O7Si2/c1-12(16)19-23(7,20-13(2)17)10-9-11-24(8,21-14(3)18)22-15(4,5)6/h9-11H2,1-8H3. The van der Waals surface area contributed by atoms with Crippen LogP contribution in [0.5, 0.6) is 0 Å². The third kappa shape index (κ3) is 10.6. The number of hydrogen-bond donors (Lipinski definition) is 0. The van der Waals surface area contributed by atoms with Gasteiger partial charge in [0.2, 0.25) is 0 Å². The molecule has 0 rings (SSSR count). The normalized spacial score (nSPS) is 14.5. The Morgan fingerprint density at radius 2 is 1.08 bits per heavy atom. The van der Waals surface area contributed by atoms with Crippen molar-refractivity contribution in [2.45, 2.75) is 78.7 Å². The number of hydrogen-bond acceptors (Lipinski definition) is 7. The first-order valence-corrected chi connectivity index (χ1v) is 13.0. The highest BCUT2D eigenvalue weighted by molar-refractivity contribution is 6.70. The zero-order chi connectivity index (χ0) is 19.2. The van der Waals surface area contributed by atoms with Crippen molar-refractivity contribution in [3.05, 3.63) is 0 Å². The van der Waals surface area contributed by atoms with Gasteiger partial charge in [-0.3, -0.25) is 14.4 Å². The van der Waals surface area contributed by atoms with Gasteiger partial charge in [-0.2, -0.15) is 0 Å². The molecule has 0 aliphatic heterocycles. The van der Waals surface area contributed by atoms with Crippen LogP contribution in [0.25, 0.3) is 0 Å². The third-order valence-electron chi connectivity index (χ3n) is 2.86. The first-order valence-electron chi connectivity index (χ1n) is 7.95. The van der Waals surface area contributed by atoms with E-state index in [1.807, 2.05) is 27.3 Å². The van der Waals surface area contributed by atoms with E-state index in [2.05, 4.69) is 0 Å². The molecule has 7 nitrogen and oxygen atoms in total. The maximum absolute atomic E-state index is 11.4. The number of carbonyl (C=O) groups excluding carboxylic acids is 3. The highest BCUT2D eigenvalue weighted by Gasteiger charge is 2.42. The Morgan fingerprint density at radius 3 is 1.42 bits per heavy atom. The Labute approximate surface area is 146 Å². The van der Waals surface area contributed by atoms with E-state index in [9.17, 15) is 14.4 Å². The summed E-state index contributed by atoms with van der Waals surface area (Å²) in [6.45, 7) is 13.1. The summed E-state index contributed by atoms with van der Waals surface area (Å²) in [5, 5.41) is 0. The van der Waals surface area contributed by atoms with E-state index in [0.29, 0.717) is 18.5 Å². The monoisotopic (exact) mass is 378 g/mol. The lowest BCUT2D eigenvalue weighted by Gasteiger charge is -2.34. The van der Waals surface area contributed by atoms with Gasteiger partial charge < -0.3 is 17.7 Å². The van der Waals surface area contributed by atoms with Gasteiger partial charge in [0.05, 0.1) is 5.60 Å². The van der Waals surface area contributed by atoms with Crippen LogP contribution in [0.2, 0.25) is 25.2 Å². The first kappa shape index (κ1) is 22.8. The van der Waals surface area contributed by atoms with E-state index >= 15 is 0 Å². The molecule has 24 heavy (non-hydrogen) atoms. The number of carbonyl (C=O) groups is 3. The van der Waals surface area contributed by atoms with Gasteiger partial charge in [-0.1, -0.05) is 0 Å². The Bertz CT molecular complexity index is 457. The largest absolute Gasteiger partial charge is 0.494 e. The van der Waals surface area contributed by atoms with Gasteiger partial charge in [0.1, 0.15) is 0 Å². The fraction of sp³-hybridized carbons (Fsp3) is 0.800. The predicted octanol–water partition coefficient (Wildman–Crippen LogP) is 3.02. The summed E-state index contributed by atoms with van der Waals surface area (Å²) in [6, 6.07) is 0.943. The summed E-state index contributed by atoms with van der Waals surface area (Å²) in [6.07, 6.45) is 0.565. The lowest BCUT2D eigenvalue weighted by Crippen LogP contribution is -2.47. The van der Waals surface area contributed by atoms with Crippen LogP contribution >= 0.6 is 0 Å². The Balaban J connectivity index is 4.96. The van der Waals surface area contributed by atoms with E-state index in [-0.39, 0.29) is 5.97 Å². The molecule has 0 aromatic rings. The Morgan fingerprint density at radius 1 is 0.750 bits per heavy atom. The SMILES string of the molecule is CC(=O)O[Si](C)(CCC[Si](C)(OC(C)=O)OC(C)(C)C)OC(C)=O. The van der Waals surface area contributed by atoms with Gasteiger partial charge in [-0.15, -0.1) is 0 Å². The van der Waals surface area contributed by atoms with Crippen LogP contribution in [0.3, 0.4) is 0 Å². The van der Waals surface area contributed by atoms with E-state index in [0.717, 1.165) is 0 Å². The molecule has 0 saturated carbocycles. The maximum atomic E-state index is 11.4. The van der Waals surface area contributed by atoms with Crippen LogP contribution < -0.4 is 0 Å². The number of rotatable bonds is 8. The van der Waals surface area contributed by atoms with Crippen molar-refractivity contribution in [3.8, 4) is 0 Å². The molecule has 0 amide bonds. The van der Waals surface area contributed by atoms with Crippen LogP contribution in [0.1, 0.15) is 48.0 Å². The lowest BCUT2D eigenvalue weighted by atomic mass is 10.2. The minimum Gasteiger partial charge on any atom is -0.494 e. The molecule has 0 radical (unpaired) electrons. The fourth-order valence-electron chi connectivity index (χ4n) is 2.54. The van der Waals surface area contributed by atoms with Crippen molar-refractivity contribution in [1.82, 2.24) is 0 Å². The molecule has 0 bridgehead atoms. The second-order valence-corrected chi connectivity index (χ2v) is 13.5. The van der Waals surface area contributed by atoms with Gasteiger partial charge in [-0.25, -0.2) is 0 Å². The summed E-state index contributed by atoms with van der Waals surface area (Å²) in [5.74, 6) is -1.33. The van der Waals surface area contributed by atoms with Crippen LogP contribution in [-0.4, -0.2) is 40.6 Å². The summed E-state index contributed by atoms with van der Waals surface area (Å²) < 4.78 is 22.0. The van der Waals surface area contributed by atoms with Gasteiger partial charge >= 0.3 is 17.1 Å². The fourth-order valence-corrected chi connectivity index (χ4v) is 8.14. The summed E-state index contributed by atoms with van der Waals surface area (Å²) in [4.78, 5) is 33.9. The maximum Gasteiger partial charge on any atom is 0.460 e. The molecule has 0 aromatic heterocycles. The summed E-state index contributed by atoms with van der Waals surface area (Å²) in [7, 11) is -5.68. The van der Waals surface area contributed by atoms with Gasteiger partial charge in [-0.05, 0) is 33.7 Å². The van der Waals surface area contributed by atoms with Crippen molar-refractivity contribution in [3.63, 3.8) is 0 Å². The lowest BCUT2D eigenvalue weighted by molar-refractivity contribution is -0.139. The summed E-state index contributed by atoms with van der Waals surface area (Å²) in [5.41, 5.74) is -0.442. The van der Waals surface area contributed by atoms with Crippen molar-refractivity contribution in [2.75, 3.05) is 0 Å². The van der Waals surface area contributed by atoms with Crippen molar-refractivity contribution >= 4 is 35.0 Å². The smallest absolute Gasteiger partial charge is 0.460 e. The molecule has 1 unspecified atom stereocenters. The van der Waals surface area contributed by atoms with Crippen LogP contribution in [-0.2, 0) is 32.1 Å². The first-order chi connectivity index (χ1) is 10.7. The third-order valence-corrected chi connectivity index (χ3v) is 8.59. The summed E-state index contributed by atoms with van der Waals surface area (Å²) >= 11 is 0. The van der Waals surface area contributed by atoms with E-state index in [4.69, 9.17) is 17.7 Å². The predicted molar refractivity (Wildman–Crippen MR) is 93.6 cm³/mol. The molecular weight excluding hydrogens is 348 g/mol. The van der Waals surface area contributed by atoms with Crippen molar-refractivity contribution in [2.24, 2.45) is 0 Å². The molecule has 0 aromatic carbocycles. The highest BCUT2D eigenvalue weighted by Crippen LogP contribution is 2.27. The molecule has 0 fully saturated rings. The molecule has 9 heteroatoms. The molecule has 0 heterocycles. The molecule has 0 saturated heterocycles. The van der Waals surface area contributed by atoms with E-state index in [1.165, 1.54) is 20.8 Å². The highest BCUT2D eigenvalue weighted by atomic mass is 28.4. The second kappa shape index (κ2) is 8.77. The van der Waals surface area contributed by atoms with Crippen LogP contribution in [0, 0.1) is 0 Å². The van der Waals surface area contributed by atoms with Crippen LogP contribution in [0.4, 0.5) is 0 Å². The average molecular weight is 379 g/mol. The topological polar surface area (TPSA) is 88.1 Å². The van der Waals surface area contributed by atoms with Gasteiger partial charge in [0.15, 0.2) is 0 Å². The molecule has 0 spiro atoms. The van der Waals surface area contributed by atoms with Gasteiger partial charge in [0.25, 0.3) is 17.9 Å². The second-order valence-electron chi connectivity index (χ2n) is 7.12. The molecule has 1 atom stereocenters. The molecular formula is C15H30O7Si2.